The third-order valence-corrected chi connectivity index (χ3v) is 4.47. The summed E-state index contributed by atoms with van der Waals surface area (Å²) in [4.78, 5) is 4.56. The van der Waals surface area contributed by atoms with Crippen molar-refractivity contribution in [2.75, 3.05) is 13.7 Å². The van der Waals surface area contributed by atoms with Crippen LogP contribution in [0.3, 0.4) is 0 Å². The van der Waals surface area contributed by atoms with Crippen LogP contribution in [0, 0.1) is 0 Å². The summed E-state index contributed by atoms with van der Waals surface area (Å²) in [6.45, 7) is 5.04. The predicted octanol–water partition coefficient (Wildman–Crippen LogP) is 3.21. The molecule has 0 bridgehead atoms. The van der Waals surface area contributed by atoms with Crippen molar-refractivity contribution in [3.8, 4) is 5.75 Å². The Morgan fingerprint density at radius 1 is 1.23 bits per heavy atom. The topological polar surface area (TPSA) is 59.6 Å². The Hall–Kier alpha value is -1.71. The zero-order chi connectivity index (χ0) is 16.0. The summed E-state index contributed by atoms with van der Waals surface area (Å²) < 4.78 is 5.21. The molecule has 0 aliphatic heterocycles. The summed E-state index contributed by atoms with van der Waals surface area (Å²) >= 11 is 0. The van der Waals surface area contributed by atoms with Crippen molar-refractivity contribution in [2.24, 2.45) is 10.7 Å². The number of aliphatic imine (C=N–C) groups is 1. The van der Waals surface area contributed by atoms with Crippen LogP contribution in [0.15, 0.2) is 29.3 Å². The van der Waals surface area contributed by atoms with E-state index in [1.807, 2.05) is 12.1 Å². The number of guanidine groups is 1. The third kappa shape index (κ3) is 4.65. The van der Waals surface area contributed by atoms with E-state index in [-0.39, 0.29) is 5.41 Å². The molecule has 0 spiro atoms. The summed E-state index contributed by atoms with van der Waals surface area (Å²) in [7, 11) is 1.68. The Bertz CT molecular complexity index is 488. The monoisotopic (exact) mass is 303 g/mol. The third-order valence-electron chi connectivity index (χ3n) is 4.47. The zero-order valence-electron chi connectivity index (χ0n) is 14.1. The van der Waals surface area contributed by atoms with E-state index in [9.17, 15) is 0 Å². The highest BCUT2D eigenvalue weighted by Crippen LogP contribution is 2.25. The number of nitrogens with two attached hydrogens (primary N) is 1. The van der Waals surface area contributed by atoms with Gasteiger partial charge in [0.2, 0.25) is 0 Å². The maximum Gasteiger partial charge on any atom is 0.188 e. The Balaban J connectivity index is 1.93. The SMILES string of the molecule is COc1ccc(C(C)(C)CN=C(N)NC2CCCCC2)cc1. The minimum absolute atomic E-state index is 0.0505. The molecule has 4 nitrogen and oxygen atoms in total. The Morgan fingerprint density at radius 3 is 2.45 bits per heavy atom. The molecular formula is C18H29N3O. The van der Waals surface area contributed by atoms with E-state index in [1.165, 1.54) is 37.7 Å². The average molecular weight is 303 g/mol. The van der Waals surface area contributed by atoms with Gasteiger partial charge in [-0.05, 0) is 30.5 Å². The van der Waals surface area contributed by atoms with Gasteiger partial charge in [-0.25, -0.2) is 0 Å². The summed E-state index contributed by atoms with van der Waals surface area (Å²) in [5.74, 6) is 1.45. The van der Waals surface area contributed by atoms with Gasteiger partial charge in [0.15, 0.2) is 5.96 Å². The summed E-state index contributed by atoms with van der Waals surface area (Å²) in [5.41, 5.74) is 7.24. The highest BCUT2D eigenvalue weighted by molar-refractivity contribution is 5.78. The van der Waals surface area contributed by atoms with Gasteiger partial charge in [-0.15, -0.1) is 0 Å². The van der Waals surface area contributed by atoms with E-state index in [0.29, 0.717) is 18.5 Å². The van der Waals surface area contributed by atoms with Gasteiger partial charge in [0.1, 0.15) is 5.75 Å². The smallest absolute Gasteiger partial charge is 0.188 e. The second-order valence-electron chi connectivity index (χ2n) is 6.79. The molecule has 0 heterocycles. The fourth-order valence-electron chi connectivity index (χ4n) is 2.92. The van der Waals surface area contributed by atoms with Gasteiger partial charge in [0, 0.05) is 11.5 Å². The minimum atomic E-state index is -0.0505. The highest BCUT2D eigenvalue weighted by atomic mass is 16.5. The standard InChI is InChI=1S/C18H29N3O/c1-18(2,14-9-11-16(22-3)12-10-14)13-20-17(19)21-15-7-5-4-6-8-15/h9-12,15H,4-8,13H2,1-3H3,(H3,19,20,21). The van der Waals surface area contributed by atoms with Crippen LogP contribution < -0.4 is 15.8 Å². The molecule has 4 heteroatoms. The normalized spacial score (nSPS) is 17.3. The van der Waals surface area contributed by atoms with Crippen LogP contribution in [0.5, 0.6) is 5.75 Å². The van der Waals surface area contributed by atoms with Gasteiger partial charge in [-0.3, -0.25) is 4.99 Å². The van der Waals surface area contributed by atoms with Crippen molar-refractivity contribution in [1.82, 2.24) is 5.32 Å². The number of ether oxygens (including phenoxy) is 1. The molecule has 2 rings (SSSR count). The van der Waals surface area contributed by atoms with Crippen LogP contribution in [0.4, 0.5) is 0 Å². The molecule has 1 aliphatic rings. The quantitative estimate of drug-likeness (QED) is 0.648. The average Bonchev–Trinajstić information content (AvgIpc) is 2.54. The van der Waals surface area contributed by atoms with E-state index >= 15 is 0 Å². The maximum atomic E-state index is 6.05. The minimum Gasteiger partial charge on any atom is -0.497 e. The highest BCUT2D eigenvalue weighted by Gasteiger charge is 2.21. The molecule has 0 aromatic heterocycles. The number of nitrogens with one attached hydrogen (secondary N) is 1. The van der Waals surface area contributed by atoms with Gasteiger partial charge in [0.05, 0.1) is 13.7 Å². The zero-order valence-corrected chi connectivity index (χ0v) is 14.1. The lowest BCUT2D eigenvalue weighted by Crippen LogP contribution is -2.41. The molecule has 0 radical (unpaired) electrons. The van der Waals surface area contributed by atoms with Crippen molar-refractivity contribution in [1.29, 1.82) is 0 Å². The molecule has 0 amide bonds. The first-order chi connectivity index (χ1) is 10.5. The molecule has 122 valence electrons. The Morgan fingerprint density at radius 2 is 1.86 bits per heavy atom. The molecule has 1 aliphatic carbocycles. The van der Waals surface area contributed by atoms with E-state index in [4.69, 9.17) is 10.5 Å². The number of nitrogens with zero attached hydrogens (tertiary/aromatic N) is 1. The number of hydrogen-bond acceptors (Lipinski definition) is 2. The summed E-state index contributed by atoms with van der Waals surface area (Å²) in [6.07, 6.45) is 6.35. The van der Waals surface area contributed by atoms with Gasteiger partial charge < -0.3 is 15.8 Å². The van der Waals surface area contributed by atoms with Crippen LogP contribution >= 0.6 is 0 Å². The lowest BCUT2D eigenvalue weighted by Gasteiger charge is -2.25. The molecule has 1 aromatic carbocycles. The van der Waals surface area contributed by atoms with Gasteiger partial charge in [0.25, 0.3) is 0 Å². The molecule has 1 fully saturated rings. The second-order valence-corrected chi connectivity index (χ2v) is 6.79. The Labute approximate surface area is 134 Å². The lowest BCUT2D eigenvalue weighted by molar-refractivity contribution is 0.411. The van der Waals surface area contributed by atoms with Crippen molar-refractivity contribution in [3.05, 3.63) is 29.8 Å². The number of rotatable bonds is 5. The van der Waals surface area contributed by atoms with Crippen LogP contribution in [0.1, 0.15) is 51.5 Å². The lowest BCUT2D eigenvalue weighted by atomic mass is 9.85. The first-order valence-electron chi connectivity index (χ1n) is 8.22. The fraction of sp³-hybridized carbons (Fsp3) is 0.611. The van der Waals surface area contributed by atoms with E-state index in [1.54, 1.807) is 7.11 Å². The number of benzene rings is 1. The molecule has 1 aromatic rings. The number of hydrogen-bond donors (Lipinski definition) is 2. The van der Waals surface area contributed by atoms with Crippen molar-refractivity contribution in [2.45, 2.75) is 57.4 Å². The first-order valence-corrected chi connectivity index (χ1v) is 8.22. The van der Waals surface area contributed by atoms with Crippen LogP contribution in [-0.2, 0) is 5.41 Å². The molecule has 0 unspecified atom stereocenters. The molecule has 22 heavy (non-hydrogen) atoms. The van der Waals surface area contributed by atoms with Gasteiger partial charge >= 0.3 is 0 Å². The largest absolute Gasteiger partial charge is 0.497 e. The molecule has 0 atom stereocenters. The molecule has 3 N–H and O–H groups in total. The first kappa shape index (κ1) is 16.7. The molecule has 1 saturated carbocycles. The van der Waals surface area contributed by atoms with Crippen LogP contribution in [0.25, 0.3) is 0 Å². The van der Waals surface area contributed by atoms with Crippen LogP contribution in [0.2, 0.25) is 0 Å². The van der Waals surface area contributed by atoms with Crippen LogP contribution in [-0.4, -0.2) is 25.7 Å². The van der Waals surface area contributed by atoms with Crippen molar-refractivity contribution >= 4 is 5.96 Å². The Kier molecular flexibility index (Phi) is 5.69. The van der Waals surface area contributed by atoms with Crippen molar-refractivity contribution < 1.29 is 4.74 Å². The number of methoxy groups -OCH3 is 1. The second kappa shape index (κ2) is 7.52. The fourth-order valence-corrected chi connectivity index (χ4v) is 2.92. The van der Waals surface area contributed by atoms with Crippen molar-refractivity contribution in [3.63, 3.8) is 0 Å². The van der Waals surface area contributed by atoms with E-state index in [0.717, 1.165) is 5.75 Å². The predicted molar refractivity (Wildman–Crippen MR) is 92.5 cm³/mol. The summed E-state index contributed by atoms with van der Waals surface area (Å²) in [6, 6.07) is 8.68. The van der Waals surface area contributed by atoms with Gasteiger partial charge in [-0.2, -0.15) is 0 Å². The summed E-state index contributed by atoms with van der Waals surface area (Å²) in [5, 5.41) is 3.37. The molecule has 0 saturated heterocycles. The van der Waals surface area contributed by atoms with Gasteiger partial charge in [-0.1, -0.05) is 45.2 Å². The maximum absolute atomic E-state index is 6.05. The van der Waals surface area contributed by atoms with E-state index < -0.39 is 0 Å². The molecular weight excluding hydrogens is 274 g/mol. The van der Waals surface area contributed by atoms with E-state index in [2.05, 4.69) is 36.3 Å².